The van der Waals surface area contributed by atoms with Crippen LogP contribution in [0.5, 0.6) is 0 Å². The van der Waals surface area contributed by atoms with Gasteiger partial charge in [0.25, 0.3) is 0 Å². The van der Waals surface area contributed by atoms with Gasteiger partial charge in [0.05, 0.1) is 0 Å². The Hall–Kier alpha value is -4.19. The highest BCUT2D eigenvalue weighted by Gasteiger charge is 2.19. The molecule has 0 rings (SSSR count). The molecule has 0 aromatic heterocycles. The Morgan fingerprint density at radius 3 is 0.838 bits per heavy atom. The van der Waals surface area contributed by atoms with E-state index in [4.69, 9.17) is 14.2 Å². The van der Waals surface area contributed by atoms with Crippen molar-refractivity contribution in [3.63, 3.8) is 0 Å². The molecule has 80 heavy (non-hydrogen) atoms. The molecule has 0 aromatic rings. The average Bonchev–Trinajstić information content (AvgIpc) is 3.46. The van der Waals surface area contributed by atoms with E-state index in [1.165, 1.54) is 135 Å². The lowest BCUT2D eigenvalue weighted by atomic mass is 10.0. The minimum atomic E-state index is -0.803. The molecule has 0 radical (unpaired) electrons. The molecule has 0 N–H and O–H groups in total. The predicted molar refractivity (Wildman–Crippen MR) is 348 cm³/mol. The maximum Gasteiger partial charge on any atom is 0.306 e. The molecule has 0 heterocycles. The van der Waals surface area contributed by atoms with Crippen molar-refractivity contribution in [2.45, 2.75) is 316 Å². The Labute approximate surface area is 494 Å². The van der Waals surface area contributed by atoms with Crippen molar-refractivity contribution in [2.75, 3.05) is 13.2 Å². The fraction of sp³-hybridized carbons (Fsp3) is 0.689. The lowest BCUT2D eigenvalue weighted by molar-refractivity contribution is -0.167. The molecule has 0 saturated heterocycles. The smallest absolute Gasteiger partial charge is 0.306 e. The highest BCUT2D eigenvalue weighted by Crippen LogP contribution is 2.16. The Morgan fingerprint density at radius 2 is 0.512 bits per heavy atom. The van der Waals surface area contributed by atoms with Crippen molar-refractivity contribution >= 4 is 17.9 Å². The molecular formula is C74H124O6. The van der Waals surface area contributed by atoms with E-state index in [-0.39, 0.29) is 37.5 Å². The van der Waals surface area contributed by atoms with E-state index in [1.807, 2.05) is 0 Å². The van der Waals surface area contributed by atoms with Crippen LogP contribution in [-0.2, 0) is 28.6 Å². The molecule has 0 fully saturated rings. The number of allylic oxidation sites excluding steroid dienone is 20. The third kappa shape index (κ3) is 64.6. The van der Waals surface area contributed by atoms with Gasteiger partial charge in [0.2, 0.25) is 0 Å². The van der Waals surface area contributed by atoms with Crippen molar-refractivity contribution in [2.24, 2.45) is 0 Å². The quantitative estimate of drug-likeness (QED) is 0.0261. The Balaban J connectivity index is 4.29. The summed E-state index contributed by atoms with van der Waals surface area (Å²) >= 11 is 0. The molecule has 6 nitrogen and oxygen atoms in total. The number of ether oxygens (including phenoxy) is 3. The van der Waals surface area contributed by atoms with Crippen molar-refractivity contribution < 1.29 is 28.6 Å². The lowest BCUT2D eigenvalue weighted by Crippen LogP contribution is -2.30. The molecule has 1 atom stereocenters. The molecule has 0 spiro atoms. The number of carbonyl (C=O) groups is 3. The summed E-state index contributed by atoms with van der Waals surface area (Å²) < 4.78 is 16.9. The van der Waals surface area contributed by atoms with Gasteiger partial charge in [-0.3, -0.25) is 14.4 Å². The monoisotopic (exact) mass is 1110 g/mol. The van der Waals surface area contributed by atoms with Crippen LogP contribution in [0.25, 0.3) is 0 Å². The van der Waals surface area contributed by atoms with Gasteiger partial charge in [0.1, 0.15) is 13.2 Å². The summed E-state index contributed by atoms with van der Waals surface area (Å²) in [7, 11) is 0. The maximum absolute atomic E-state index is 12.9. The number of carbonyl (C=O) groups excluding carboxylic acids is 3. The SMILES string of the molecule is CC/C=C\C/C=C\C/C=C\C/C=C\C/C=C\C/C=C\C/C=C\CCCCCC(=O)OC(COC(=O)CCCCCCC/C=C\CCC)COC(=O)CCCCCCCCCCCCCCCCC/C=C\C/C=C\CCCCCCC. The average molecular weight is 1110 g/mol. The van der Waals surface area contributed by atoms with E-state index in [1.54, 1.807) is 0 Å². The first-order valence-electron chi connectivity index (χ1n) is 33.5. The fourth-order valence-electron chi connectivity index (χ4n) is 9.16. The number of unbranched alkanes of at least 4 members (excludes halogenated alkanes) is 29. The first kappa shape index (κ1) is 75.8. The van der Waals surface area contributed by atoms with Gasteiger partial charge in [-0.25, -0.2) is 0 Å². The topological polar surface area (TPSA) is 78.9 Å². The lowest BCUT2D eigenvalue weighted by Gasteiger charge is -2.18. The number of hydrogen-bond acceptors (Lipinski definition) is 6. The first-order chi connectivity index (χ1) is 39.5. The van der Waals surface area contributed by atoms with Crippen LogP contribution in [0.4, 0.5) is 0 Å². The number of esters is 3. The second-order valence-electron chi connectivity index (χ2n) is 22.0. The van der Waals surface area contributed by atoms with Crippen LogP contribution in [0.1, 0.15) is 310 Å². The zero-order valence-electron chi connectivity index (χ0n) is 52.3. The molecule has 1 unspecified atom stereocenters. The normalized spacial score (nSPS) is 12.9. The van der Waals surface area contributed by atoms with Crippen LogP contribution < -0.4 is 0 Å². The zero-order chi connectivity index (χ0) is 57.8. The third-order valence-corrected chi connectivity index (χ3v) is 14.2. The van der Waals surface area contributed by atoms with E-state index >= 15 is 0 Å². The minimum Gasteiger partial charge on any atom is -0.462 e. The van der Waals surface area contributed by atoms with Gasteiger partial charge in [0.15, 0.2) is 6.10 Å². The van der Waals surface area contributed by atoms with Gasteiger partial charge in [0, 0.05) is 19.3 Å². The molecule has 0 aromatic carbocycles. The molecule has 0 aliphatic rings. The van der Waals surface area contributed by atoms with Crippen LogP contribution >= 0.6 is 0 Å². The van der Waals surface area contributed by atoms with Crippen LogP contribution in [0, 0.1) is 0 Å². The molecule has 0 aliphatic heterocycles. The van der Waals surface area contributed by atoms with Gasteiger partial charge in [-0.2, -0.15) is 0 Å². The fourth-order valence-corrected chi connectivity index (χ4v) is 9.16. The second-order valence-corrected chi connectivity index (χ2v) is 22.0. The summed E-state index contributed by atoms with van der Waals surface area (Å²) in [6, 6.07) is 0. The van der Waals surface area contributed by atoms with Crippen molar-refractivity contribution in [3.05, 3.63) is 122 Å². The van der Waals surface area contributed by atoms with E-state index in [0.717, 1.165) is 135 Å². The predicted octanol–water partition coefficient (Wildman–Crippen LogP) is 23.2. The maximum atomic E-state index is 12.9. The summed E-state index contributed by atoms with van der Waals surface area (Å²) in [6.07, 6.45) is 93.7. The Bertz CT molecular complexity index is 1650. The van der Waals surface area contributed by atoms with E-state index in [9.17, 15) is 14.4 Å². The largest absolute Gasteiger partial charge is 0.462 e. The van der Waals surface area contributed by atoms with Gasteiger partial charge in [-0.15, -0.1) is 0 Å². The highest BCUT2D eigenvalue weighted by atomic mass is 16.6. The van der Waals surface area contributed by atoms with Gasteiger partial charge in [-0.1, -0.05) is 284 Å². The molecule has 0 aliphatic carbocycles. The van der Waals surface area contributed by atoms with Crippen LogP contribution in [0.3, 0.4) is 0 Å². The van der Waals surface area contributed by atoms with Crippen molar-refractivity contribution in [3.8, 4) is 0 Å². The molecular weight excluding hydrogens is 985 g/mol. The van der Waals surface area contributed by atoms with E-state index in [2.05, 4.69) is 142 Å². The molecule has 456 valence electrons. The zero-order valence-corrected chi connectivity index (χ0v) is 52.3. The van der Waals surface area contributed by atoms with Crippen LogP contribution in [0.15, 0.2) is 122 Å². The van der Waals surface area contributed by atoms with E-state index in [0.29, 0.717) is 12.8 Å². The molecule has 0 saturated carbocycles. The summed E-state index contributed by atoms with van der Waals surface area (Å²) in [5.41, 5.74) is 0. The Morgan fingerprint density at radius 1 is 0.263 bits per heavy atom. The van der Waals surface area contributed by atoms with Gasteiger partial charge in [-0.05, 0) is 128 Å². The van der Waals surface area contributed by atoms with Crippen molar-refractivity contribution in [1.82, 2.24) is 0 Å². The summed E-state index contributed by atoms with van der Waals surface area (Å²) in [5, 5.41) is 0. The summed E-state index contributed by atoms with van der Waals surface area (Å²) in [6.45, 7) is 6.44. The van der Waals surface area contributed by atoms with E-state index < -0.39 is 6.10 Å². The van der Waals surface area contributed by atoms with Gasteiger partial charge < -0.3 is 14.2 Å². The van der Waals surface area contributed by atoms with Crippen molar-refractivity contribution in [1.29, 1.82) is 0 Å². The number of hydrogen-bond donors (Lipinski definition) is 0. The summed E-state index contributed by atoms with van der Waals surface area (Å²) in [5.74, 6) is -0.935. The highest BCUT2D eigenvalue weighted by molar-refractivity contribution is 5.71. The number of rotatable bonds is 60. The van der Waals surface area contributed by atoms with Gasteiger partial charge >= 0.3 is 17.9 Å². The first-order valence-corrected chi connectivity index (χ1v) is 33.5. The minimum absolute atomic E-state index is 0.0955. The summed E-state index contributed by atoms with van der Waals surface area (Å²) in [4.78, 5) is 38.3. The van der Waals surface area contributed by atoms with Crippen LogP contribution in [-0.4, -0.2) is 37.2 Å². The molecule has 0 amide bonds. The Kier molecular flexibility index (Phi) is 63.8. The molecule has 6 heteroatoms. The third-order valence-electron chi connectivity index (χ3n) is 14.2. The van der Waals surface area contributed by atoms with Crippen LogP contribution in [0.2, 0.25) is 0 Å². The standard InChI is InChI=1S/C74H124O6/c1-4-7-10-13-16-19-22-24-26-28-30-32-34-36-37-39-40-42-44-46-48-50-52-55-58-61-64-67-73(76)79-70-71(69-78-72(75)66-63-60-57-54-21-18-15-12-9-6-3)80-74(77)68-65-62-59-56-53-51-49-47-45-43-41-38-35-33-31-29-27-25-23-20-17-14-11-8-5-2/h8,11-12,15,17,20,22,24-25,27-28,30-31,33,38,41,45,47,51,53,71H,4-7,9-10,13-14,16,18-19,21,23,26,29,32,34-37,39-40,42-44,46,48-50,52,54-70H2,1-3H3/b11-8-,15-12-,20-17-,24-22-,27-25-,30-28-,33-31-,41-38-,47-45-,53-51-. The second kappa shape index (κ2) is 67.3. The molecule has 0 bridgehead atoms.